The summed E-state index contributed by atoms with van der Waals surface area (Å²) in [6.07, 6.45) is 1.80. The van der Waals surface area contributed by atoms with Crippen LogP contribution in [0.1, 0.15) is 30.3 Å². The van der Waals surface area contributed by atoms with Gasteiger partial charge < -0.3 is 19.3 Å². The number of aromatic nitrogens is 3. The molecule has 7 nitrogen and oxygen atoms in total. The normalized spacial score (nSPS) is 17.7. The van der Waals surface area contributed by atoms with Crippen LogP contribution in [0.2, 0.25) is 0 Å². The monoisotopic (exact) mass is 305 g/mol. The van der Waals surface area contributed by atoms with E-state index in [4.69, 9.17) is 14.2 Å². The number of nitrogens with zero attached hydrogens (tertiary/aromatic N) is 3. The van der Waals surface area contributed by atoms with Gasteiger partial charge in [0.25, 0.3) is 0 Å². The van der Waals surface area contributed by atoms with E-state index in [1.807, 2.05) is 18.2 Å². The van der Waals surface area contributed by atoms with Crippen LogP contribution >= 0.6 is 0 Å². The van der Waals surface area contributed by atoms with Gasteiger partial charge in [-0.1, -0.05) is 5.21 Å². The van der Waals surface area contributed by atoms with Gasteiger partial charge in [0.15, 0.2) is 11.5 Å². The summed E-state index contributed by atoms with van der Waals surface area (Å²) in [5, 5.41) is 17.7. The Morgan fingerprint density at radius 1 is 1.32 bits per heavy atom. The smallest absolute Gasteiger partial charge is 0.162 e. The van der Waals surface area contributed by atoms with Crippen molar-refractivity contribution in [2.75, 3.05) is 20.8 Å². The standard InChI is InChI=1S/C15H19N3O4/c1-20-12-6-5-10(8-14(12)21-2)18-15(11(9-19)16-17-18)13-4-3-7-22-13/h5-6,8,13,19H,3-4,7,9H2,1-2H3. The van der Waals surface area contributed by atoms with Crippen LogP contribution in [-0.4, -0.2) is 40.9 Å². The number of benzene rings is 1. The lowest BCUT2D eigenvalue weighted by Gasteiger charge is -2.14. The molecule has 7 heteroatoms. The molecule has 0 amide bonds. The van der Waals surface area contributed by atoms with Crippen molar-refractivity contribution in [1.82, 2.24) is 15.0 Å². The number of aliphatic hydroxyl groups excluding tert-OH is 1. The van der Waals surface area contributed by atoms with Gasteiger partial charge in [0.1, 0.15) is 11.8 Å². The molecular weight excluding hydrogens is 286 g/mol. The number of hydrogen-bond acceptors (Lipinski definition) is 6. The van der Waals surface area contributed by atoms with Crippen LogP contribution in [0.15, 0.2) is 18.2 Å². The predicted octanol–water partition coefficient (Wildman–Crippen LogP) is 1.63. The summed E-state index contributed by atoms with van der Waals surface area (Å²) in [5.41, 5.74) is 2.13. The van der Waals surface area contributed by atoms with Crippen molar-refractivity contribution in [3.63, 3.8) is 0 Å². The van der Waals surface area contributed by atoms with Crippen molar-refractivity contribution in [3.05, 3.63) is 29.6 Å². The number of aliphatic hydroxyl groups is 1. The van der Waals surface area contributed by atoms with Crippen molar-refractivity contribution in [3.8, 4) is 17.2 Å². The Labute approximate surface area is 128 Å². The minimum atomic E-state index is -0.164. The van der Waals surface area contributed by atoms with E-state index in [0.717, 1.165) is 24.2 Å². The fourth-order valence-electron chi connectivity index (χ4n) is 2.70. The van der Waals surface area contributed by atoms with E-state index in [2.05, 4.69) is 10.3 Å². The van der Waals surface area contributed by atoms with E-state index in [-0.39, 0.29) is 12.7 Å². The minimum absolute atomic E-state index is 0.0924. The third kappa shape index (κ3) is 2.53. The molecule has 1 saturated heterocycles. The summed E-state index contributed by atoms with van der Waals surface area (Å²) in [6, 6.07) is 5.51. The van der Waals surface area contributed by atoms with E-state index in [0.29, 0.717) is 23.8 Å². The molecular formula is C15H19N3O4. The molecule has 2 heterocycles. The Morgan fingerprint density at radius 3 is 2.77 bits per heavy atom. The molecule has 1 fully saturated rings. The maximum Gasteiger partial charge on any atom is 0.162 e. The van der Waals surface area contributed by atoms with Gasteiger partial charge in [0.05, 0.1) is 32.2 Å². The summed E-state index contributed by atoms with van der Waals surface area (Å²) in [7, 11) is 3.18. The Hall–Kier alpha value is -2.12. The Bertz CT molecular complexity index is 650. The summed E-state index contributed by atoms with van der Waals surface area (Å²) in [4.78, 5) is 0. The molecule has 1 unspecified atom stereocenters. The zero-order chi connectivity index (χ0) is 15.5. The third-order valence-electron chi connectivity index (χ3n) is 3.77. The lowest BCUT2D eigenvalue weighted by atomic mass is 10.1. The van der Waals surface area contributed by atoms with Crippen LogP contribution in [0.5, 0.6) is 11.5 Å². The Morgan fingerprint density at radius 2 is 2.14 bits per heavy atom. The quantitative estimate of drug-likeness (QED) is 0.904. The molecule has 1 aromatic heterocycles. The van der Waals surface area contributed by atoms with E-state index in [1.165, 1.54) is 0 Å². The molecule has 1 aliphatic rings. The second-order valence-corrected chi connectivity index (χ2v) is 5.03. The first-order valence-electron chi connectivity index (χ1n) is 7.17. The Balaban J connectivity index is 2.06. The largest absolute Gasteiger partial charge is 0.493 e. The zero-order valence-corrected chi connectivity index (χ0v) is 12.7. The maximum absolute atomic E-state index is 9.51. The molecule has 1 N–H and O–H groups in total. The molecule has 1 atom stereocenters. The van der Waals surface area contributed by atoms with Gasteiger partial charge in [-0.25, -0.2) is 4.68 Å². The highest BCUT2D eigenvalue weighted by Crippen LogP contribution is 2.34. The van der Waals surface area contributed by atoms with Gasteiger partial charge in [0, 0.05) is 12.7 Å². The fourth-order valence-corrected chi connectivity index (χ4v) is 2.70. The Kier molecular flexibility index (Phi) is 4.26. The maximum atomic E-state index is 9.51. The van der Waals surface area contributed by atoms with Gasteiger partial charge in [-0.05, 0) is 25.0 Å². The second kappa shape index (κ2) is 6.33. The molecule has 0 aliphatic carbocycles. The van der Waals surface area contributed by atoms with Crippen LogP contribution < -0.4 is 9.47 Å². The molecule has 0 bridgehead atoms. The topological polar surface area (TPSA) is 78.6 Å². The van der Waals surface area contributed by atoms with Gasteiger partial charge in [-0.15, -0.1) is 5.10 Å². The first-order valence-corrected chi connectivity index (χ1v) is 7.17. The minimum Gasteiger partial charge on any atom is -0.493 e. The van der Waals surface area contributed by atoms with Gasteiger partial charge in [-0.3, -0.25) is 0 Å². The van der Waals surface area contributed by atoms with Crippen LogP contribution in [0.3, 0.4) is 0 Å². The number of hydrogen-bond donors (Lipinski definition) is 1. The average Bonchev–Trinajstić information content (AvgIpc) is 3.22. The molecule has 0 saturated carbocycles. The number of rotatable bonds is 5. The van der Waals surface area contributed by atoms with Crippen LogP contribution in [0.4, 0.5) is 0 Å². The lowest BCUT2D eigenvalue weighted by Crippen LogP contribution is -2.09. The molecule has 118 valence electrons. The lowest BCUT2D eigenvalue weighted by molar-refractivity contribution is 0.104. The highest BCUT2D eigenvalue weighted by atomic mass is 16.5. The van der Waals surface area contributed by atoms with E-state index >= 15 is 0 Å². The zero-order valence-electron chi connectivity index (χ0n) is 12.7. The summed E-state index contributed by atoms with van der Waals surface area (Å²) in [5.74, 6) is 1.26. The van der Waals surface area contributed by atoms with Crippen molar-refractivity contribution < 1.29 is 19.3 Å². The van der Waals surface area contributed by atoms with Gasteiger partial charge in [0.2, 0.25) is 0 Å². The van der Waals surface area contributed by atoms with E-state index < -0.39 is 0 Å². The van der Waals surface area contributed by atoms with Crippen molar-refractivity contribution in [2.45, 2.75) is 25.6 Å². The first kappa shape index (κ1) is 14.8. The van der Waals surface area contributed by atoms with Crippen molar-refractivity contribution in [1.29, 1.82) is 0 Å². The SMILES string of the molecule is COc1ccc(-n2nnc(CO)c2C2CCCO2)cc1OC. The van der Waals surface area contributed by atoms with Crippen molar-refractivity contribution >= 4 is 0 Å². The molecule has 2 aromatic rings. The van der Waals surface area contributed by atoms with E-state index in [9.17, 15) is 5.11 Å². The molecule has 3 rings (SSSR count). The number of ether oxygens (including phenoxy) is 3. The molecule has 0 spiro atoms. The first-order chi connectivity index (χ1) is 10.8. The highest BCUT2D eigenvalue weighted by Gasteiger charge is 2.27. The highest BCUT2D eigenvalue weighted by molar-refractivity contribution is 5.49. The fraction of sp³-hybridized carbons (Fsp3) is 0.467. The third-order valence-corrected chi connectivity index (χ3v) is 3.77. The van der Waals surface area contributed by atoms with Gasteiger partial charge in [-0.2, -0.15) is 0 Å². The average molecular weight is 305 g/mol. The number of methoxy groups -OCH3 is 2. The second-order valence-electron chi connectivity index (χ2n) is 5.03. The van der Waals surface area contributed by atoms with Crippen LogP contribution in [-0.2, 0) is 11.3 Å². The van der Waals surface area contributed by atoms with Crippen LogP contribution in [0.25, 0.3) is 5.69 Å². The van der Waals surface area contributed by atoms with Gasteiger partial charge >= 0.3 is 0 Å². The molecule has 0 radical (unpaired) electrons. The summed E-state index contributed by atoms with van der Waals surface area (Å²) in [6.45, 7) is 0.551. The molecule has 22 heavy (non-hydrogen) atoms. The molecule has 1 aromatic carbocycles. The van der Waals surface area contributed by atoms with Crippen LogP contribution in [0, 0.1) is 0 Å². The molecule has 1 aliphatic heterocycles. The van der Waals surface area contributed by atoms with Crippen molar-refractivity contribution in [2.24, 2.45) is 0 Å². The van der Waals surface area contributed by atoms with E-state index in [1.54, 1.807) is 18.9 Å². The summed E-state index contributed by atoms with van der Waals surface area (Å²) < 4.78 is 18.0. The summed E-state index contributed by atoms with van der Waals surface area (Å²) >= 11 is 0. The predicted molar refractivity (Wildman–Crippen MR) is 78.3 cm³/mol.